The van der Waals surface area contributed by atoms with E-state index < -0.39 is 0 Å². The highest BCUT2D eigenvalue weighted by Crippen LogP contribution is 2.45. The smallest absolute Gasteiger partial charge is 0.137 e. The lowest BCUT2D eigenvalue weighted by Crippen LogP contribution is -1.92. The lowest BCUT2D eigenvalue weighted by molar-refractivity contribution is 1.19. The van der Waals surface area contributed by atoms with E-state index in [9.17, 15) is 0 Å². The molecule has 0 saturated carbocycles. The van der Waals surface area contributed by atoms with Gasteiger partial charge < -0.3 is 4.40 Å². The zero-order valence-electron chi connectivity index (χ0n) is 26.7. The first-order valence-electron chi connectivity index (χ1n) is 16.8. The number of rotatable bonds is 4. The monoisotopic (exact) mass is 622 g/mol. The summed E-state index contributed by atoms with van der Waals surface area (Å²) in [5, 5.41) is 10.0. The van der Waals surface area contributed by atoms with Crippen LogP contribution in [-0.4, -0.2) is 9.38 Å². The van der Waals surface area contributed by atoms with Crippen molar-refractivity contribution >= 4 is 48.7 Å². The van der Waals surface area contributed by atoms with E-state index in [0.29, 0.717) is 0 Å². The van der Waals surface area contributed by atoms with Crippen molar-refractivity contribution in [2.75, 3.05) is 0 Å². The molecule has 10 rings (SSSR count). The van der Waals surface area contributed by atoms with E-state index in [2.05, 4.69) is 162 Å². The van der Waals surface area contributed by atoms with Crippen LogP contribution in [0.4, 0.5) is 0 Å². The van der Waals surface area contributed by atoms with Crippen LogP contribution >= 0.6 is 0 Å². The highest BCUT2D eigenvalue weighted by Gasteiger charge is 2.18. The van der Waals surface area contributed by atoms with Crippen molar-refractivity contribution in [3.05, 3.63) is 182 Å². The van der Waals surface area contributed by atoms with Gasteiger partial charge in [0.1, 0.15) is 5.65 Å². The van der Waals surface area contributed by atoms with Gasteiger partial charge in [-0.3, -0.25) is 0 Å². The van der Waals surface area contributed by atoms with Gasteiger partial charge in [0.05, 0.1) is 5.69 Å². The highest BCUT2D eigenvalue weighted by atomic mass is 15.0. The maximum absolute atomic E-state index is 4.84. The average molecular weight is 623 g/mol. The van der Waals surface area contributed by atoms with Gasteiger partial charge in [0.2, 0.25) is 0 Å². The molecule has 228 valence electrons. The number of hydrogen-bond donors (Lipinski definition) is 0. The van der Waals surface area contributed by atoms with E-state index in [0.717, 1.165) is 16.9 Å². The number of aromatic nitrogens is 2. The SMILES string of the molecule is c1ccc2cc(-c3c4ccccc4c(-c4ccc5ccccc5c4)c4cc(-c5ccc(-c6cn7ccccc7n6)cc5)ccc34)ccc2c1. The Balaban J connectivity index is 1.21. The van der Waals surface area contributed by atoms with Gasteiger partial charge in [0.25, 0.3) is 0 Å². The van der Waals surface area contributed by atoms with Crippen molar-refractivity contribution in [2.45, 2.75) is 0 Å². The molecule has 0 bridgehead atoms. The van der Waals surface area contributed by atoms with Crippen molar-refractivity contribution in [1.82, 2.24) is 9.38 Å². The van der Waals surface area contributed by atoms with E-state index in [-0.39, 0.29) is 0 Å². The summed E-state index contributed by atoms with van der Waals surface area (Å²) in [7, 11) is 0. The van der Waals surface area contributed by atoms with Gasteiger partial charge in [0, 0.05) is 18.0 Å². The summed E-state index contributed by atoms with van der Waals surface area (Å²) >= 11 is 0. The largest absolute Gasteiger partial charge is 0.306 e. The Morgan fingerprint density at radius 2 is 0.857 bits per heavy atom. The summed E-state index contributed by atoms with van der Waals surface area (Å²) in [5.74, 6) is 0. The predicted molar refractivity (Wildman–Crippen MR) is 207 cm³/mol. The molecule has 0 saturated heterocycles. The second-order valence-corrected chi connectivity index (χ2v) is 12.8. The molecule has 0 unspecified atom stereocenters. The first kappa shape index (κ1) is 27.6. The molecule has 0 atom stereocenters. The summed E-state index contributed by atoms with van der Waals surface area (Å²) in [6, 6.07) is 61.9. The van der Waals surface area contributed by atoms with Gasteiger partial charge >= 0.3 is 0 Å². The predicted octanol–water partition coefficient (Wildman–Crippen LogP) is 12.6. The summed E-state index contributed by atoms with van der Waals surface area (Å²) in [4.78, 5) is 4.84. The van der Waals surface area contributed by atoms with E-state index in [1.54, 1.807) is 0 Å². The Morgan fingerprint density at radius 3 is 1.51 bits per heavy atom. The Morgan fingerprint density at radius 1 is 0.347 bits per heavy atom. The van der Waals surface area contributed by atoms with Crippen molar-refractivity contribution in [3.8, 4) is 44.6 Å². The van der Waals surface area contributed by atoms with Gasteiger partial charge in [-0.2, -0.15) is 0 Å². The Labute approximate surface area is 284 Å². The summed E-state index contributed by atoms with van der Waals surface area (Å²) in [6.45, 7) is 0. The maximum Gasteiger partial charge on any atom is 0.137 e. The molecule has 0 radical (unpaired) electrons. The number of nitrogens with zero attached hydrogens (tertiary/aromatic N) is 2. The van der Waals surface area contributed by atoms with Gasteiger partial charge in [-0.15, -0.1) is 0 Å². The molecule has 2 nitrogen and oxygen atoms in total. The van der Waals surface area contributed by atoms with E-state index in [1.165, 1.54) is 76.5 Å². The minimum Gasteiger partial charge on any atom is -0.306 e. The molecule has 8 aromatic carbocycles. The normalized spacial score (nSPS) is 11.7. The molecule has 0 spiro atoms. The van der Waals surface area contributed by atoms with Crippen molar-refractivity contribution in [3.63, 3.8) is 0 Å². The second-order valence-electron chi connectivity index (χ2n) is 12.8. The van der Waals surface area contributed by atoms with Crippen LogP contribution < -0.4 is 0 Å². The first-order chi connectivity index (χ1) is 24.3. The molecule has 0 aliphatic heterocycles. The lowest BCUT2D eigenvalue weighted by atomic mass is 9.84. The molecule has 0 fully saturated rings. The van der Waals surface area contributed by atoms with Crippen LogP contribution in [0.15, 0.2) is 182 Å². The van der Waals surface area contributed by atoms with Crippen LogP contribution in [0.1, 0.15) is 0 Å². The van der Waals surface area contributed by atoms with Crippen molar-refractivity contribution < 1.29 is 0 Å². The Hall–Kier alpha value is -6.51. The third-order valence-corrected chi connectivity index (χ3v) is 9.98. The number of fused-ring (bicyclic) bond motifs is 5. The number of pyridine rings is 1. The molecule has 0 aliphatic rings. The molecule has 0 amide bonds. The molecule has 2 heteroatoms. The fourth-order valence-corrected chi connectivity index (χ4v) is 7.58. The number of imidazole rings is 1. The van der Waals surface area contributed by atoms with Crippen LogP contribution in [0.2, 0.25) is 0 Å². The fraction of sp³-hybridized carbons (Fsp3) is 0. The quantitative estimate of drug-likeness (QED) is 0.179. The molecule has 2 heterocycles. The van der Waals surface area contributed by atoms with Crippen molar-refractivity contribution in [2.24, 2.45) is 0 Å². The summed E-state index contributed by atoms with van der Waals surface area (Å²) in [5.41, 5.74) is 10.4. The molecule has 0 N–H and O–H groups in total. The van der Waals surface area contributed by atoms with Gasteiger partial charge in [-0.1, -0.05) is 140 Å². The second kappa shape index (κ2) is 11.0. The molecular formula is C47H30N2. The van der Waals surface area contributed by atoms with Gasteiger partial charge in [-0.25, -0.2) is 4.98 Å². The molecule has 2 aromatic heterocycles. The number of benzene rings is 8. The van der Waals surface area contributed by atoms with Crippen molar-refractivity contribution in [1.29, 1.82) is 0 Å². The maximum atomic E-state index is 4.84. The van der Waals surface area contributed by atoms with Crippen LogP contribution in [0.25, 0.3) is 93.4 Å². The molecule has 49 heavy (non-hydrogen) atoms. The molecule has 10 aromatic rings. The standard InChI is InChI=1S/C47H30N2/c1-3-11-35-27-38(22-18-31(35)9-1)46-40-13-5-6-14-41(40)47(39-23-19-32-10-2-4-12-36(32)28-39)43-29-37(24-25-42(43)46)33-16-20-34(21-17-33)44-30-49-26-8-7-15-45(49)48-44/h1-30H. The fourth-order valence-electron chi connectivity index (χ4n) is 7.58. The van der Waals surface area contributed by atoms with Crippen LogP contribution in [0, 0.1) is 0 Å². The van der Waals surface area contributed by atoms with Gasteiger partial charge in [-0.05, 0) is 107 Å². The van der Waals surface area contributed by atoms with E-state index in [4.69, 9.17) is 4.98 Å². The third-order valence-electron chi connectivity index (χ3n) is 9.98. The third kappa shape index (κ3) is 4.61. The topological polar surface area (TPSA) is 17.3 Å². The minimum atomic E-state index is 0.951. The van der Waals surface area contributed by atoms with E-state index >= 15 is 0 Å². The first-order valence-corrected chi connectivity index (χ1v) is 16.8. The molecule has 0 aliphatic carbocycles. The zero-order chi connectivity index (χ0) is 32.3. The van der Waals surface area contributed by atoms with E-state index in [1.807, 2.05) is 24.4 Å². The zero-order valence-corrected chi connectivity index (χ0v) is 26.7. The minimum absolute atomic E-state index is 0.951. The van der Waals surface area contributed by atoms with Crippen LogP contribution in [0.5, 0.6) is 0 Å². The Bertz CT molecular complexity index is 2840. The summed E-state index contributed by atoms with van der Waals surface area (Å²) < 4.78 is 2.07. The highest BCUT2D eigenvalue weighted by molar-refractivity contribution is 6.22. The summed E-state index contributed by atoms with van der Waals surface area (Å²) in [6.07, 6.45) is 4.13. The van der Waals surface area contributed by atoms with Crippen LogP contribution in [0.3, 0.4) is 0 Å². The Kier molecular flexibility index (Phi) is 6.22. The average Bonchev–Trinajstić information content (AvgIpc) is 3.61. The van der Waals surface area contributed by atoms with Crippen LogP contribution in [-0.2, 0) is 0 Å². The lowest BCUT2D eigenvalue weighted by Gasteiger charge is -2.19. The molecular weight excluding hydrogens is 593 g/mol. The van der Waals surface area contributed by atoms with Gasteiger partial charge in [0.15, 0.2) is 0 Å². The number of hydrogen-bond acceptors (Lipinski definition) is 1.